The van der Waals surface area contributed by atoms with Crippen LogP contribution in [0.15, 0.2) is 0 Å². The van der Waals surface area contributed by atoms with Crippen molar-refractivity contribution in [1.29, 1.82) is 0 Å². The SMILES string of the molecule is CC(=O)OCC(CC([N+](=O)[O-])[N+](=O)[O-])([N+](=O)[O-])[N+](=O)[O-]. The molecule has 0 saturated heterocycles. The van der Waals surface area contributed by atoms with Crippen LogP contribution in [0.3, 0.4) is 0 Å². The minimum atomic E-state index is -3.36. The summed E-state index contributed by atoms with van der Waals surface area (Å²) in [4.78, 5) is 46.8. The van der Waals surface area contributed by atoms with Crippen LogP contribution >= 0.6 is 0 Å². The van der Waals surface area contributed by atoms with E-state index < -0.39 is 50.5 Å². The highest BCUT2D eigenvalue weighted by molar-refractivity contribution is 5.65. The van der Waals surface area contributed by atoms with Gasteiger partial charge in [0.25, 0.3) is 0 Å². The van der Waals surface area contributed by atoms with Crippen LogP contribution in [0.2, 0.25) is 0 Å². The molecule has 0 aliphatic carbocycles. The first-order valence-electron chi connectivity index (χ1n) is 4.74. The van der Waals surface area contributed by atoms with Gasteiger partial charge < -0.3 is 4.74 Å². The van der Waals surface area contributed by atoms with Gasteiger partial charge in [-0.05, 0) is 0 Å². The van der Waals surface area contributed by atoms with Crippen molar-refractivity contribution in [3.8, 4) is 0 Å². The van der Waals surface area contributed by atoms with E-state index in [0.29, 0.717) is 0 Å². The fourth-order valence-corrected chi connectivity index (χ4v) is 1.12. The summed E-state index contributed by atoms with van der Waals surface area (Å²) in [7, 11) is 0. The summed E-state index contributed by atoms with van der Waals surface area (Å²) in [6.45, 7) is -0.663. The van der Waals surface area contributed by atoms with Gasteiger partial charge in [0.2, 0.25) is 13.0 Å². The van der Waals surface area contributed by atoms with E-state index in [1.807, 2.05) is 0 Å². The van der Waals surface area contributed by atoms with Crippen LogP contribution < -0.4 is 0 Å². The monoisotopic (exact) mass is 296 g/mol. The van der Waals surface area contributed by atoms with Gasteiger partial charge in [-0.3, -0.25) is 45.3 Å². The highest BCUT2D eigenvalue weighted by Crippen LogP contribution is 2.21. The van der Waals surface area contributed by atoms with Crippen LogP contribution in [0.4, 0.5) is 0 Å². The molecule has 0 rings (SSSR count). The second-order valence-electron chi connectivity index (χ2n) is 3.53. The molecule has 0 aliphatic rings. The number of nitro groups is 4. The number of carbonyl (C=O) groups excluding carboxylic acids is 1. The summed E-state index contributed by atoms with van der Waals surface area (Å²) >= 11 is 0. The largest absolute Gasteiger partial charge is 0.505 e. The van der Waals surface area contributed by atoms with Crippen LogP contribution in [0.1, 0.15) is 13.3 Å². The van der Waals surface area contributed by atoms with Gasteiger partial charge in [-0.25, -0.2) is 0 Å². The number of hydrogen-bond acceptors (Lipinski definition) is 10. The number of hydrogen-bond donors (Lipinski definition) is 0. The molecule has 0 aromatic heterocycles. The summed E-state index contributed by atoms with van der Waals surface area (Å²) in [6, 6.07) is 0. The van der Waals surface area contributed by atoms with Gasteiger partial charge >= 0.3 is 17.8 Å². The lowest BCUT2D eigenvalue weighted by Crippen LogP contribution is -2.54. The van der Waals surface area contributed by atoms with Crippen molar-refractivity contribution in [3.63, 3.8) is 0 Å². The number of nitrogens with zero attached hydrogens (tertiary/aromatic N) is 4. The lowest BCUT2D eigenvalue weighted by molar-refractivity contribution is -0.825. The van der Waals surface area contributed by atoms with Crippen LogP contribution in [0.5, 0.6) is 0 Å². The summed E-state index contributed by atoms with van der Waals surface area (Å²) in [5.74, 6) is -1.11. The Morgan fingerprint density at radius 1 is 1.05 bits per heavy atom. The predicted molar refractivity (Wildman–Crippen MR) is 55.7 cm³/mol. The molecule has 14 heteroatoms. The average Bonchev–Trinajstić information content (AvgIpc) is 2.26. The van der Waals surface area contributed by atoms with E-state index >= 15 is 0 Å². The van der Waals surface area contributed by atoms with Gasteiger partial charge in [-0.15, -0.1) is 0 Å². The maximum atomic E-state index is 10.8. The molecule has 14 nitrogen and oxygen atoms in total. The molecule has 0 heterocycles. The third-order valence-electron chi connectivity index (χ3n) is 2.18. The molecule has 0 aliphatic heterocycles. The van der Waals surface area contributed by atoms with Gasteiger partial charge in [0.15, 0.2) is 0 Å². The molecule has 0 radical (unpaired) electrons. The Kier molecular flexibility index (Phi) is 5.38. The fraction of sp³-hybridized carbons (Fsp3) is 0.833. The summed E-state index contributed by atoms with van der Waals surface area (Å²) in [5, 5.41) is 42.4. The molecule has 112 valence electrons. The van der Waals surface area contributed by atoms with Gasteiger partial charge in [-0.2, -0.15) is 0 Å². The quantitative estimate of drug-likeness (QED) is 0.233. The van der Waals surface area contributed by atoms with Crippen LogP contribution in [0, 0.1) is 40.5 Å². The van der Waals surface area contributed by atoms with E-state index in [2.05, 4.69) is 4.74 Å². The Hall–Kier alpha value is -2.93. The molecule has 0 spiro atoms. The van der Waals surface area contributed by atoms with Crippen molar-refractivity contribution < 1.29 is 29.2 Å². The molecular formula is C6H8N4O10. The number of esters is 1. The smallest absolute Gasteiger partial charge is 0.450 e. The standard InChI is InChI=1S/C6H8N4O10/c1-4(11)20-3-6(9(16)17,10(18)19)2-5(7(12)13)8(14)15/h5H,2-3H2,1H3. The molecule has 0 unspecified atom stereocenters. The Labute approximate surface area is 108 Å². The summed E-state index contributed by atoms with van der Waals surface area (Å²) < 4.78 is 4.12. The van der Waals surface area contributed by atoms with Crippen molar-refractivity contribution in [2.45, 2.75) is 25.2 Å². The molecule has 0 N–H and O–H groups in total. The number of carbonyl (C=O) groups is 1. The van der Waals surface area contributed by atoms with Crippen molar-refractivity contribution in [2.24, 2.45) is 0 Å². The van der Waals surface area contributed by atoms with Gasteiger partial charge in [-0.1, -0.05) is 0 Å². The molecular weight excluding hydrogens is 288 g/mol. The molecule has 0 bridgehead atoms. The highest BCUT2D eigenvalue weighted by atomic mass is 16.7. The first-order chi connectivity index (χ1) is 9.04. The van der Waals surface area contributed by atoms with E-state index in [4.69, 9.17) is 0 Å². The van der Waals surface area contributed by atoms with E-state index in [9.17, 15) is 45.3 Å². The molecule has 0 amide bonds. The first-order valence-corrected chi connectivity index (χ1v) is 4.74. The van der Waals surface area contributed by atoms with Crippen molar-refractivity contribution in [2.75, 3.05) is 6.61 Å². The van der Waals surface area contributed by atoms with Gasteiger partial charge in [0.1, 0.15) is 9.85 Å². The summed E-state index contributed by atoms with van der Waals surface area (Å²) in [5.41, 5.74) is -3.36. The van der Waals surface area contributed by atoms with E-state index in [1.54, 1.807) is 0 Å². The first kappa shape index (κ1) is 17.1. The normalized spacial score (nSPS) is 10.9. The van der Waals surface area contributed by atoms with Crippen LogP contribution in [-0.2, 0) is 9.53 Å². The molecule has 0 fully saturated rings. The van der Waals surface area contributed by atoms with E-state index in [0.717, 1.165) is 6.92 Å². The van der Waals surface area contributed by atoms with Gasteiger partial charge in [0.05, 0.1) is 9.85 Å². The van der Waals surface area contributed by atoms with Gasteiger partial charge in [0, 0.05) is 6.92 Å². The van der Waals surface area contributed by atoms with Crippen molar-refractivity contribution in [1.82, 2.24) is 0 Å². The summed E-state index contributed by atoms with van der Waals surface area (Å²) in [6.07, 6.45) is -4.44. The second kappa shape index (κ2) is 6.30. The average molecular weight is 296 g/mol. The Morgan fingerprint density at radius 3 is 1.70 bits per heavy atom. The highest BCUT2D eigenvalue weighted by Gasteiger charge is 2.64. The minimum Gasteiger partial charge on any atom is -0.450 e. The Bertz CT molecular complexity index is 433. The molecule has 0 saturated carbocycles. The maximum Gasteiger partial charge on any atom is 0.505 e. The van der Waals surface area contributed by atoms with Crippen molar-refractivity contribution >= 4 is 5.97 Å². The number of ether oxygens (including phenoxy) is 1. The third-order valence-corrected chi connectivity index (χ3v) is 2.18. The van der Waals surface area contributed by atoms with Crippen molar-refractivity contribution in [3.05, 3.63) is 40.5 Å². The third kappa shape index (κ3) is 3.79. The van der Waals surface area contributed by atoms with Crippen LogP contribution in [-0.4, -0.2) is 44.1 Å². The molecule has 20 heavy (non-hydrogen) atoms. The second-order valence-corrected chi connectivity index (χ2v) is 3.53. The zero-order valence-electron chi connectivity index (χ0n) is 9.86. The Morgan fingerprint density at radius 2 is 1.45 bits per heavy atom. The number of rotatable bonds is 8. The Balaban J connectivity index is 5.55. The lowest BCUT2D eigenvalue weighted by atomic mass is 10.1. The van der Waals surface area contributed by atoms with E-state index in [1.165, 1.54) is 0 Å². The zero-order valence-corrected chi connectivity index (χ0v) is 9.86. The molecule has 0 aromatic carbocycles. The predicted octanol–water partition coefficient (Wildman–Crippen LogP) is -0.931. The fourth-order valence-electron chi connectivity index (χ4n) is 1.12. The maximum absolute atomic E-state index is 10.8. The van der Waals surface area contributed by atoms with E-state index in [-0.39, 0.29) is 0 Å². The van der Waals surface area contributed by atoms with Crippen LogP contribution in [0.25, 0.3) is 0 Å². The zero-order chi connectivity index (χ0) is 16.1. The minimum absolute atomic E-state index is 0.795. The lowest BCUT2D eigenvalue weighted by Gasteiger charge is -2.15. The molecule has 0 aromatic rings. The molecule has 0 atom stereocenters. The topological polar surface area (TPSA) is 199 Å².